The van der Waals surface area contributed by atoms with Crippen LogP contribution in [-0.4, -0.2) is 41.8 Å². The molecule has 0 bridgehead atoms. The third kappa shape index (κ3) is 1.33. The number of cyclic esters (lactones) is 1. The maximum atomic E-state index is 11.2. The van der Waals surface area contributed by atoms with E-state index in [9.17, 15) is 4.79 Å². The van der Waals surface area contributed by atoms with Crippen LogP contribution >= 0.6 is 0 Å². The van der Waals surface area contributed by atoms with E-state index in [-0.39, 0.29) is 6.61 Å². The lowest BCUT2D eigenvalue weighted by atomic mass is 10.1. The largest absolute Gasteiger partial charge is 0.455 e. The molecule has 2 unspecified atom stereocenters. The molecule has 13 heavy (non-hydrogen) atoms. The summed E-state index contributed by atoms with van der Waals surface area (Å²) >= 11 is 0. The van der Waals surface area contributed by atoms with Gasteiger partial charge in [0.05, 0.1) is 6.61 Å². The van der Waals surface area contributed by atoms with Crippen LogP contribution in [0.25, 0.3) is 0 Å². The van der Waals surface area contributed by atoms with Crippen LogP contribution < -0.4 is 0 Å². The van der Waals surface area contributed by atoms with Crippen molar-refractivity contribution in [2.75, 3.05) is 6.61 Å². The smallest absolute Gasteiger partial charge is 0.338 e. The maximum Gasteiger partial charge on any atom is 0.338 e. The second-order valence-corrected chi connectivity index (χ2v) is 3.68. The van der Waals surface area contributed by atoms with E-state index in [0.717, 1.165) is 0 Å². The van der Waals surface area contributed by atoms with Crippen LogP contribution in [0.1, 0.15) is 13.8 Å². The number of esters is 1. The second-order valence-electron chi connectivity index (χ2n) is 3.68. The van der Waals surface area contributed by atoms with Gasteiger partial charge in [-0.25, -0.2) is 4.79 Å². The highest BCUT2D eigenvalue weighted by molar-refractivity contribution is 5.78. The highest BCUT2D eigenvalue weighted by Gasteiger charge is 2.55. The number of ether oxygens (including phenoxy) is 3. The fraction of sp³-hybridized carbons (Fsp3) is 0.875. The number of fused-ring (bicyclic) bond motifs is 1. The number of aliphatic hydroxyl groups is 1. The van der Waals surface area contributed by atoms with Crippen molar-refractivity contribution >= 4 is 5.97 Å². The molecule has 2 saturated heterocycles. The van der Waals surface area contributed by atoms with Crippen LogP contribution in [-0.2, 0) is 19.0 Å². The third-order valence-electron chi connectivity index (χ3n) is 2.18. The number of aliphatic hydroxyl groups excluding tert-OH is 1. The van der Waals surface area contributed by atoms with Gasteiger partial charge in [-0.15, -0.1) is 0 Å². The molecule has 74 valence electrons. The average Bonchev–Trinajstić information content (AvgIpc) is 2.47. The van der Waals surface area contributed by atoms with Gasteiger partial charge >= 0.3 is 5.97 Å². The SMILES string of the molecule is CC1(C)OC2C(=O)O[C@@H](CO)C2O1. The zero-order chi connectivity index (χ0) is 9.64. The standard InChI is InChI=1S/C8H12O5/c1-8(2)12-5-4(3-9)11-7(10)6(5)13-8/h4-6,9H,3H2,1-2H3/t4-,5?,6?/m0/s1. The van der Waals surface area contributed by atoms with Gasteiger partial charge < -0.3 is 19.3 Å². The molecule has 0 spiro atoms. The number of hydrogen-bond acceptors (Lipinski definition) is 5. The van der Waals surface area contributed by atoms with Crippen molar-refractivity contribution in [2.24, 2.45) is 0 Å². The van der Waals surface area contributed by atoms with Gasteiger partial charge in [0.1, 0.15) is 6.10 Å². The quantitative estimate of drug-likeness (QED) is 0.558. The Morgan fingerprint density at radius 3 is 2.77 bits per heavy atom. The van der Waals surface area contributed by atoms with Gasteiger partial charge in [-0.2, -0.15) is 0 Å². The summed E-state index contributed by atoms with van der Waals surface area (Å²) < 4.78 is 15.6. The Balaban J connectivity index is 2.17. The van der Waals surface area contributed by atoms with E-state index in [2.05, 4.69) is 0 Å². The van der Waals surface area contributed by atoms with Crippen molar-refractivity contribution in [3.63, 3.8) is 0 Å². The first kappa shape index (κ1) is 8.93. The van der Waals surface area contributed by atoms with E-state index in [4.69, 9.17) is 19.3 Å². The monoisotopic (exact) mass is 188 g/mol. The van der Waals surface area contributed by atoms with Gasteiger partial charge in [-0.3, -0.25) is 0 Å². The summed E-state index contributed by atoms with van der Waals surface area (Å²) in [5, 5.41) is 8.89. The van der Waals surface area contributed by atoms with Crippen LogP contribution in [0.4, 0.5) is 0 Å². The fourth-order valence-electron chi connectivity index (χ4n) is 1.67. The topological polar surface area (TPSA) is 65.0 Å². The molecule has 3 atom stereocenters. The lowest BCUT2D eigenvalue weighted by Gasteiger charge is -2.20. The molecule has 0 aliphatic carbocycles. The van der Waals surface area contributed by atoms with E-state index < -0.39 is 30.1 Å². The first-order valence-electron chi connectivity index (χ1n) is 4.20. The molecule has 0 saturated carbocycles. The Hall–Kier alpha value is -0.650. The van der Waals surface area contributed by atoms with Crippen LogP contribution in [0.15, 0.2) is 0 Å². The zero-order valence-corrected chi connectivity index (χ0v) is 7.52. The van der Waals surface area contributed by atoms with Gasteiger partial charge in [0, 0.05) is 0 Å². The Kier molecular flexibility index (Phi) is 1.83. The minimum atomic E-state index is -0.762. The second kappa shape index (κ2) is 2.67. The molecule has 1 N–H and O–H groups in total. The molecule has 0 aromatic rings. The molecular weight excluding hydrogens is 176 g/mol. The third-order valence-corrected chi connectivity index (χ3v) is 2.18. The lowest BCUT2D eigenvalue weighted by molar-refractivity contribution is -0.188. The Morgan fingerprint density at radius 1 is 1.46 bits per heavy atom. The predicted molar refractivity (Wildman–Crippen MR) is 40.8 cm³/mol. The summed E-state index contributed by atoms with van der Waals surface area (Å²) in [7, 11) is 0. The van der Waals surface area contributed by atoms with Gasteiger partial charge in [0.2, 0.25) is 0 Å². The summed E-state index contributed by atoms with van der Waals surface area (Å²) in [4.78, 5) is 11.2. The molecule has 2 fully saturated rings. The zero-order valence-electron chi connectivity index (χ0n) is 7.52. The van der Waals surface area contributed by atoms with Crippen LogP contribution in [0.2, 0.25) is 0 Å². The predicted octanol–water partition coefficient (Wildman–Crippen LogP) is -0.576. The molecule has 2 heterocycles. The molecule has 2 aliphatic rings. The Labute approximate surface area is 75.6 Å². The number of carbonyl (C=O) groups excluding carboxylic acids is 1. The maximum absolute atomic E-state index is 11.2. The summed E-state index contributed by atoms with van der Waals surface area (Å²) in [5.74, 6) is -1.21. The van der Waals surface area contributed by atoms with Crippen LogP contribution in [0.5, 0.6) is 0 Å². The van der Waals surface area contributed by atoms with E-state index in [1.54, 1.807) is 13.8 Å². The molecule has 0 radical (unpaired) electrons. The van der Waals surface area contributed by atoms with Crippen molar-refractivity contribution < 1.29 is 24.1 Å². The van der Waals surface area contributed by atoms with E-state index in [0.29, 0.717) is 0 Å². The molecule has 5 heteroatoms. The summed E-state index contributed by atoms with van der Waals surface area (Å²) in [6.45, 7) is 3.23. The molecule has 0 amide bonds. The van der Waals surface area contributed by atoms with Crippen molar-refractivity contribution in [1.82, 2.24) is 0 Å². The van der Waals surface area contributed by atoms with Crippen molar-refractivity contribution in [1.29, 1.82) is 0 Å². The fourth-order valence-corrected chi connectivity index (χ4v) is 1.67. The molecule has 0 aromatic heterocycles. The highest BCUT2D eigenvalue weighted by Crippen LogP contribution is 2.35. The Bertz CT molecular complexity index is 237. The van der Waals surface area contributed by atoms with Gasteiger partial charge in [-0.05, 0) is 13.8 Å². The Morgan fingerprint density at radius 2 is 2.15 bits per heavy atom. The molecule has 5 nitrogen and oxygen atoms in total. The first-order chi connectivity index (χ1) is 6.03. The van der Waals surface area contributed by atoms with E-state index in [1.165, 1.54) is 0 Å². The molecule has 0 aromatic carbocycles. The summed E-state index contributed by atoms with van der Waals surface area (Å²) in [6.07, 6.45) is -1.72. The first-order valence-corrected chi connectivity index (χ1v) is 4.20. The minimum Gasteiger partial charge on any atom is -0.455 e. The number of rotatable bonds is 1. The van der Waals surface area contributed by atoms with Crippen molar-refractivity contribution in [3.8, 4) is 0 Å². The van der Waals surface area contributed by atoms with E-state index in [1.807, 2.05) is 0 Å². The van der Waals surface area contributed by atoms with Crippen molar-refractivity contribution in [3.05, 3.63) is 0 Å². The van der Waals surface area contributed by atoms with E-state index >= 15 is 0 Å². The van der Waals surface area contributed by atoms with Crippen LogP contribution in [0, 0.1) is 0 Å². The minimum absolute atomic E-state index is 0.230. The van der Waals surface area contributed by atoms with Gasteiger partial charge in [0.15, 0.2) is 18.0 Å². The molecular formula is C8H12O5. The normalized spacial score (nSPS) is 41.8. The van der Waals surface area contributed by atoms with Crippen LogP contribution in [0.3, 0.4) is 0 Å². The number of hydrogen-bond donors (Lipinski definition) is 1. The molecule has 2 aliphatic heterocycles. The van der Waals surface area contributed by atoms with Gasteiger partial charge in [-0.1, -0.05) is 0 Å². The molecule has 2 rings (SSSR count). The number of carbonyl (C=O) groups is 1. The lowest BCUT2D eigenvalue weighted by Crippen LogP contribution is -2.31. The average molecular weight is 188 g/mol. The highest BCUT2D eigenvalue weighted by atomic mass is 16.8. The summed E-state index contributed by atoms with van der Waals surface area (Å²) in [5.41, 5.74) is 0. The van der Waals surface area contributed by atoms with Crippen molar-refractivity contribution in [2.45, 2.75) is 37.9 Å². The summed E-state index contributed by atoms with van der Waals surface area (Å²) in [6, 6.07) is 0. The van der Waals surface area contributed by atoms with Gasteiger partial charge in [0.25, 0.3) is 0 Å².